The van der Waals surface area contributed by atoms with Crippen molar-refractivity contribution >= 4 is 27.7 Å². The van der Waals surface area contributed by atoms with Crippen LogP contribution in [0.15, 0.2) is 53.5 Å². The van der Waals surface area contributed by atoms with Crippen LogP contribution in [0.2, 0.25) is 0 Å². The first-order valence-electron chi connectivity index (χ1n) is 8.45. The van der Waals surface area contributed by atoms with E-state index in [4.69, 9.17) is 4.55 Å². The lowest BCUT2D eigenvalue weighted by molar-refractivity contribution is 0.0851. The molecule has 0 atom stereocenters. The number of anilines is 1. The largest absolute Gasteiger partial charge is 0.307 e. The Morgan fingerprint density at radius 2 is 1.74 bits per heavy atom. The molecule has 0 spiro atoms. The lowest BCUT2D eigenvalue weighted by Gasteiger charge is -2.36. The number of nitrogens with zero attached hydrogens (tertiary/aromatic N) is 3. The van der Waals surface area contributed by atoms with E-state index in [0.717, 1.165) is 23.8 Å². The van der Waals surface area contributed by atoms with Crippen LogP contribution in [-0.4, -0.2) is 49.1 Å². The van der Waals surface area contributed by atoms with Crippen LogP contribution in [0.25, 0.3) is 0 Å². The van der Waals surface area contributed by atoms with Gasteiger partial charge in [-0.3, -0.25) is 19.2 Å². The minimum absolute atomic E-state index is 0.0620. The molecule has 4 rings (SSSR count). The molecule has 2 aromatic rings. The number of hydrogen-bond acceptors (Lipinski definition) is 5. The molecule has 2 aliphatic rings. The van der Waals surface area contributed by atoms with Gasteiger partial charge in [-0.15, -0.1) is 0 Å². The highest BCUT2D eigenvalue weighted by atomic mass is 32.2. The van der Waals surface area contributed by atoms with Gasteiger partial charge in [-0.2, -0.15) is 8.42 Å². The third-order valence-electron chi connectivity index (χ3n) is 4.19. The molecule has 8 heteroatoms. The molecular formula is C19H21N3O4S. The van der Waals surface area contributed by atoms with Gasteiger partial charge >= 0.3 is 0 Å². The van der Waals surface area contributed by atoms with Crippen molar-refractivity contribution in [1.29, 1.82) is 0 Å². The molecular weight excluding hydrogens is 366 g/mol. The first-order valence-corrected chi connectivity index (χ1v) is 10.3. The van der Waals surface area contributed by atoms with Crippen LogP contribution in [0.1, 0.15) is 21.5 Å². The Morgan fingerprint density at radius 1 is 1.11 bits per heavy atom. The topological polar surface area (TPSA) is 90.3 Å². The maximum Gasteiger partial charge on any atom is 0.262 e. The summed E-state index contributed by atoms with van der Waals surface area (Å²) in [6, 6.07) is 16.3. The first-order chi connectivity index (χ1) is 12.7. The van der Waals surface area contributed by atoms with E-state index in [1.54, 1.807) is 4.90 Å². The number of carbonyl (C=O) groups is 1. The Morgan fingerprint density at radius 3 is 2.41 bits per heavy atom. The second-order valence-corrected chi connectivity index (χ2v) is 7.93. The SMILES string of the molecule is CS(=O)(=O)O.Cc1ccc(CN2C3=NCCN3C(=O)c3ccccc32)cc1. The van der Waals surface area contributed by atoms with E-state index in [0.29, 0.717) is 19.3 Å². The third-order valence-corrected chi connectivity index (χ3v) is 4.19. The van der Waals surface area contributed by atoms with Gasteiger partial charge in [0, 0.05) is 6.54 Å². The van der Waals surface area contributed by atoms with Crippen molar-refractivity contribution in [3.8, 4) is 0 Å². The van der Waals surface area contributed by atoms with Gasteiger partial charge in [-0.05, 0) is 24.6 Å². The number of amides is 1. The molecule has 2 heterocycles. The maximum absolute atomic E-state index is 12.6. The van der Waals surface area contributed by atoms with E-state index >= 15 is 0 Å². The average Bonchev–Trinajstić information content (AvgIpc) is 3.09. The van der Waals surface area contributed by atoms with Gasteiger partial charge in [0.2, 0.25) is 5.96 Å². The number of aliphatic imine (C=N–C) groups is 1. The van der Waals surface area contributed by atoms with Crippen LogP contribution in [0.5, 0.6) is 0 Å². The molecule has 0 bridgehead atoms. The Balaban J connectivity index is 0.000000376. The lowest BCUT2D eigenvalue weighted by Crippen LogP contribution is -2.49. The van der Waals surface area contributed by atoms with Crippen LogP contribution < -0.4 is 4.90 Å². The molecule has 2 aliphatic heterocycles. The van der Waals surface area contributed by atoms with E-state index in [-0.39, 0.29) is 5.91 Å². The summed E-state index contributed by atoms with van der Waals surface area (Å²) in [6.45, 7) is 4.16. The quantitative estimate of drug-likeness (QED) is 0.799. The van der Waals surface area contributed by atoms with E-state index < -0.39 is 10.1 Å². The summed E-state index contributed by atoms with van der Waals surface area (Å²) < 4.78 is 25.9. The number of para-hydroxylation sites is 1. The van der Waals surface area contributed by atoms with Gasteiger partial charge in [-0.1, -0.05) is 42.0 Å². The molecule has 1 amide bonds. The standard InChI is InChI=1S/C18H17N3O.CH4O3S/c1-13-6-8-14(9-7-13)12-21-16-5-3-2-4-15(16)17(22)20-11-10-19-18(20)21;1-5(2,3)4/h2-9H,10-12H2,1H3;1H3,(H,2,3,4). The Labute approximate surface area is 158 Å². The predicted octanol–water partition coefficient (Wildman–Crippen LogP) is 2.33. The van der Waals surface area contributed by atoms with Crippen molar-refractivity contribution in [2.45, 2.75) is 13.5 Å². The van der Waals surface area contributed by atoms with Crippen LogP contribution in [0, 0.1) is 6.92 Å². The van der Waals surface area contributed by atoms with Crippen molar-refractivity contribution in [2.24, 2.45) is 4.99 Å². The average molecular weight is 387 g/mol. The third kappa shape index (κ3) is 4.53. The molecule has 0 aliphatic carbocycles. The number of hydrogen-bond donors (Lipinski definition) is 1. The van der Waals surface area contributed by atoms with Crippen molar-refractivity contribution < 1.29 is 17.8 Å². The molecule has 0 saturated carbocycles. The minimum Gasteiger partial charge on any atom is -0.307 e. The summed E-state index contributed by atoms with van der Waals surface area (Å²) in [4.78, 5) is 21.0. The van der Waals surface area contributed by atoms with Gasteiger partial charge < -0.3 is 4.90 Å². The van der Waals surface area contributed by atoms with Gasteiger partial charge in [0.05, 0.1) is 30.6 Å². The fraction of sp³-hybridized carbons (Fsp3) is 0.263. The van der Waals surface area contributed by atoms with E-state index in [1.807, 2.05) is 24.3 Å². The second kappa shape index (κ2) is 7.50. The molecule has 142 valence electrons. The monoisotopic (exact) mass is 387 g/mol. The number of aryl methyl sites for hydroxylation is 1. The van der Waals surface area contributed by atoms with E-state index in [9.17, 15) is 13.2 Å². The zero-order chi connectivity index (χ0) is 19.6. The zero-order valence-electron chi connectivity index (χ0n) is 15.2. The highest BCUT2D eigenvalue weighted by Gasteiger charge is 2.36. The molecule has 0 aromatic heterocycles. The molecule has 7 nitrogen and oxygen atoms in total. The first kappa shape index (κ1) is 19.1. The number of rotatable bonds is 2. The molecule has 1 N–H and O–H groups in total. The molecule has 0 fully saturated rings. The summed E-state index contributed by atoms with van der Waals surface area (Å²) in [5.74, 6) is 0.844. The van der Waals surface area contributed by atoms with Crippen molar-refractivity contribution in [3.63, 3.8) is 0 Å². The fourth-order valence-corrected chi connectivity index (χ4v) is 3.03. The lowest BCUT2D eigenvalue weighted by atomic mass is 10.1. The van der Waals surface area contributed by atoms with Crippen molar-refractivity contribution in [1.82, 2.24) is 4.90 Å². The predicted molar refractivity (Wildman–Crippen MR) is 105 cm³/mol. The summed E-state index contributed by atoms with van der Waals surface area (Å²) in [5.41, 5.74) is 4.17. The number of guanidine groups is 1. The van der Waals surface area contributed by atoms with Crippen LogP contribution in [-0.2, 0) is 16.7 Å². The summed E-state index contributed by atoms with van der Waals surface area (Å²) in [7, 11) is -3.67. The fourth-order valence-electron chi connectivity index (χ4n) is 3.03. The van der Waals surface area contributed by atoms with Crippen LogP contribution >= 0.6 is 0 Å². The summed E-state index contributed by atoms with van der Waals surface area (Å²) in [6.07, 6.45) is 0.715. The van der Waals surface area contributed by atoms with Gasteiger partial charge in [0.25, 0.3) is 16.0 Å². The Kier molecular flexibility index (Phi) is 5.29. The number of benzene rings is 2. The Hall–Kier alpha value is -2.71. The minimum atomic E-state index is -3.67. The second-order valence-electron chi connectivity index (χ2n) is 6.46. The smallest absolute Gasteiger partial charge is 0.262 e. The van der Waals surface area contributed by atoms with Crippen LogP contribution in [0.3, 0.4) is 0 Å². The van der Waals surface area contributed by atoms with E-state index in [2.05, 4.69) is 41.1 Å². The Bertz CT molecular complexity index is 976. The summed E-state index contributed by atoms with van der Waals surface area (Å²) in [5, 5.41) is 0. The highest BCUT2D eigenvalue weighted by Crippen LogP contribution is 2.31. The normalized spacial score (nSPS) is 15.5. The zero-order valence-corrected chi connectivity index (χ0v) is 16.0. The van der Waals surface area contributed by atoms with Gasteiger partial charge in [0.1, 0.15) is 0 Å². The van der Waals surface area contributed by atoms with Crippen LogP contribution in [0.4, 0.5) is 5.69 Å². The molecule has 0 radical (unpaired) electrons. The highest BCUT2D eigenvalue weighted by molar-refractivity contribution is 7.85. The van der Waals surface area contributed by atoms with Gasteiger partial charge in [0.15, 0.2) is 0 Å². The summed E-state index contributed by atoms with van der Waals surface area (Å²) >= 11 is 0. The van der Waals surface area contributed by atoms with Gasteiger partial charge in [-0.25, -0.2) is 0 Å². The molecule has 2 aromatic carbocycles. The number of fused-ring (bicyclic) bond motifs is 2. The maximum atomic E-state index is 12.6. The van der Waals surface area contributed by atoms with Crippen molar-refractivity contribution in [2.75, 3.05) is 24.2 Å². The number of carbonyl (C=O) groups excluding carboxylic acids is 1. The van der Waals surface area contributed by atoms with Crippen molar-refractivity contribution in [3.05, 3.63) is 65.2 Å². The molecule has 27 heavy (non-hydrogen) atoms. The molecule has 0 unspecified atom stereocenters. The molecule has 0 saturated heterocycles. The van der Waals surface area contributed by atoms with E-state index in [1.165, 1.54) is 11.1 Å².